The summed E-state index contributed by atoms with van der Waals surface area (Å²) in [6.07, 6.45) is 2.05. The van der Waals surface area contributed by atoms with Crippen molar-refractivity contribution in [2.75, 3.05) is 26.2 Å². The van der Waals surface area contributed by atoms with Crippen LogP contribution in [0.15, 0.2) is 41.3 Å². The molecule has 0 radical (unpaired) electrons. The second kappa shape index (κ2) is 11.2. The molecule has 0 saturated carbocycles. The van der Waals surface area contributed by atoms with Crippen LogP contribution in [-0.2, 0) is 17.8 Å². The first-order valence-corrected chi connectivity index (χ1v) is 9.73. The van der Waals surface area contributed by atoms with E-state index in [9.17, 15) is 19.1 Å². The van der Waals surface area contributed by atoms with Crippen molar-refractivity contribution in [3.63, 3.8) is 0 Å². The third-order valence-corrected chi connectivity index (χ3v) is 4.40. The number of hydrogen-bond donors (Lipinski definition) is 2. The molecule has 7 nitrogen and oxygen atoms in total. The fraction of sp³-hybridized carbons (Fsp3) is 0.429. The lowest BCUT2D eigenvalue weighted by Crippen LogP contribution is -2.35. The van der Waals surface area contributed by atoms with E-state index in [1.54, 1.807) is 31.3 Å². The maximum Gasteiger partial charge on any atom is 0.407 e. The van der Waals surface area contributed by atoms with E-state index in [0.717, 1.165) is 18.5 Å². The Balaban J connectivity index is 2.04. The van der Waals surface area contributed by atoms with E-state index >= 15 is 0 Å². The highest BCUT2D eigenvalue weighted by Crippen LogP contribution is 2.15. The summed E-state index contributed by atoms with van der Waals surface area (Å²) in [5.41, 5.74) is 0.793. The van der Waals surface area contributed by atoms with E-state index in [1.165, 1.54) is 16.7 Å². The molecule has 29 heavy (non-hydrogen) atoms. The van der Waals surface area contributed by atoms with Gasteiger partial charge in [-0.25, -0.2) is 9.18 Å². The molecule has 1 heterocycles. The van der Waals surface area contributed by atoms with Crippen molar-refractivity contribution in [3.05, 3.63) is 63.8 Å². The van der Waals surface area contributed by atoms with Crippen molar-refractivity contribution in [1.82, 2.24) is 14.8 Å². The second-order valence-electron chi connectivity index (χ2n) is 6.67. The number of halogens is 1. The molecule has 0 aliphatic rings. The molecule has 8 heteroatoms. The van der Waals surface area contributed by atoms with Gasteiger partial charge in [-0.05, 0) is 43.7 Å². The first kappa shape index (κ1) is 22.4. The Labute approximate surface area is 169 Å². The number of aromatic nitrogens is 1. The first-order chi connectivity index (χ1) is 13.9. The predicted molar refractivity (Wildman–Crippen MR) is 108 cm³/mol. The molecule has 0 aliphatic heterocycles. The van der Waals surface area contributed by atoms with Crippen LogP contribution in [0.4, 0.5) is 9.18 Å². The van der Waals surface area contributed by atoms with Gasteiger partial charge in [-0.2, -0.15) is 0 Å². The Hall–Kier alpha value is -2.87. The summed E-state index contributed by atoms with van der Waals surface area (Å²) in [6, 6.07) is 7.59. The lowest BCUT2D eigenvalue weighted by molar-refractivity contribution is 0.150. The van der Waals surface area contributed by atoms with Gasteiger partial charge in [0.15, 0.2) is 5.75 Å². The minimum Gasteiger partial charge on any atom is -0.503 e. The molecule has 0 bridgehead atoms. The first-order valence-electron chi connectivity index (χ1n) is 9.73. The molecular formula is C21H28FN3O4. The van der Waals surface area contributed by atoms with E-state index in [2.05, 4.69) is 5.32 Å². The third kappa shape index (κ3) is 6.90. The van der Waals surface area contributed by atoms with Crippen molar-refractivity contribution in [2.24, 2.45) is 0 Å². The summed E-state index contributed by atoms with van der Waals surface area (Å²) in [5.74, 6) is -0.637. The fourth-order valence-electron chi connectivity index (χ4n) is 2.96. The number of aromatic hydroxyl groups is 1. The molecule has 1 aromatic carbocycles. The van der Waals surface area contributed by atoms with Gasteiger partial charge in [-0.3, -0.25) is 9.69 Å². The van der Waals surface area contributed by atoms with Crippen LogP contribution in [0.25, 0.3) is 0 Å². The summed E-state index contributed by atoms with van der Waals surface area (Å²) in [7, 11) is 0. The largest absolute Gasteiger partial charge is 0.503 e. The van der Waals surface area contributed by atoms with E-state index in [-0.39, 0.29) is 18.1 Å². The van der Waals surface area contributed by atoms with Crippen LogP contribution in [0.3, 0.4) is 0 Å². The second-order valence-corrected chi connectivity index (χ2v) is 6.67. The summed E-state index contributed by atoms with van der Waals surface area (Å²) < 4.78 is 19.3. The Kier molecular flexibility index (Phi) is 8.67. The molecule has 158 valence electrons. The molecule has 0 unspecified atom stereocenters. The Morgan fingerprint density at radius 2 is 1.93 bits per heavy atom. The SMILES string of the molecule is CCCN(CCNC(=O)OCC)Cc1ccn(Cc2ccc(F)cc2)c(=O)c1O. The lowest BCUT2D eigenvalue weighted by atomic mass is 10.2. The third-order valence-electron chi connectivity index (χ3n) is 4.40. The molecule has 0 atom stereocenters. The summed E-state index contributed by atoms with van der Waals surface area (Å²) in [6.45, 7) is 6.43. The molecule has 1 aromatic heterocycles. The van der Waals surface area contributed by atoms with Gasteiger partial charge in [0.25, 0.3) is 5.56 Å². The number of amides is 1. The van der Waals surface area contributed by atoms with Crippen LogP contribution in [0.1, 0.15) is 31.4 Å². The van der Waals surface area contributed by atoms with Gasteiger partial charge >= 0.3 is 6.09 Å². The van der Waals surface area contributed by atoms with Crippen LogP contribution < -0.4 is 10.9 Å². The highest BCUT2D eigenvalue weighted by atomic mass is 19.1. The molecule has 0 aliphatic carbocycles. The molecule has 0 fully saturated rings. The van der Waals surface area contributed by atoms with Gasteiger partial charge in [0.1, 0.15) is 5.82 Å². The summed E-state index contributed by atoms with van der Waals surface area (Å²) >= 11 is 0. The standard InChI is InChI=1S/C21H28FN3O4/c1-3-11-24(13-10-23-21(28)29-4-2)15-17-9-12-25(20(27)19(17)26)14-16-5-7-18(22)8-6-16/h5-9,12,26H,3-4,10-11,13-15H2,1-2H3,(H,23,28). The quantitative estimate of drug-likeness (QED) is 0.635. The van der Waals surface area contributed by atoms with Gasteiger partial charge in [0, 0.05) is 31.4 Å². The average molecular weight is 405 g/mol. The van der Waals surface area contributed by atoms with Crippen molar-refractivity contribution >= 4 is 6.09 Å². The molecular weight excluding hydrogens is 377 g/mol. The summed E-state index contributed by atoms with van der Waals surface area (Å²) in [4.78, 5) is 26.0. The summed E-state index contributed by atoms with van der Waals surface area (Å²) in [5, 5.41) is 13.1. The number of carbonyl (C=O) groups is 1. The van der Waals surface area contributed by atoms with E-state index in [1.807, 2.05) is 11.8 Å². The van der Waals surface area contributed by atoms with Gasteiger partial charge in [0.2, 0.25) is 0 Å². The van der Waals surface area contributed by atoms with Crippen LogP contribution in [0.2, 0.25) is 0 Å². The average Bonchev–Trinajstić information content (AvgIpc) is 2.69. The van der Waals surface area contributed by atoms with E-state index < -0.39 is 11.7 Å². The topological polar surface area (TPSA) is 83.8 Å². The highest BCUT2D eigenvalue weighted by molar-refractivity contribution is 5.66. The van der Waals surface area contributed by atoms with Crippen LogP contribution in [0.5, 0.6) is 5.75 Å². The molecule has 2 aromatic rings. The predicted octanol–water partition coefficient (Wildman–Crippen LogP) is 2.70. The highest BCUT2D eigenvalue weighted by Gasteiger charge is 2.13. The number of alkyl carbamates (subject to hydrolysis) is 1. The Morgan fingerprint density at radius 1 is 1.21 bits per heavy atom. The monoisotopic (exact) mass is 405 g/mol. The molecule has 1 amide bonds. The maximum absolute atomic E-state index is 13.0. The van der Waals surface area contributed by atoms with Crippen molar-refractivity contribution in [2.45, 2.75) is 33.4 Å². The smallest absolute Gasteiger partial charge is 0.407 e. The molecule has 2 rings (SSSR count). The fourth-order valence-corrected chi connectivity index (χ4v) is 2.96. The number of rotatable bonds is 10. The zero-order valence-corrected chi connectivity index (χ0v) is 16.9. The van der Waals surface area contributed by atoms with Gasteiger partial charge < -0.3 is 19.7 Å². The zero-order valence-electron chi connectivity index (χ0n) is 16.9. The normalized spacial score (nSPS) is 10.9. The number of benzene rings is 1. The number of carbonyl (C=O) groups excluding carboxylic acids is 1. The number of nitrogens with one attached hydrogen (secondary N) is 1. The number of pyridine rings is 1. The van der Waals surface area contributed by atoms with Crippen molar-refractivity contribution < 1.29 is 19.0 Å². The Morgan fingerprint density at radius 3 is 2.59 bits per heavy atom. The van der Waals surface area contributed by atoms with Gasteiger partial charge in [-0.15, -0.1) is 0 Å². The van der Waals surface area contributed by atoms with E-state index in [4.69, 9.17) is 4.74 Å². The molecule has 0 saturated heterocycles. The van der Waals surface area contributed by atoms with Crippen LogP contribution in [0, 0.1) is 5.82 Å². The van der Waals surface area contributed by atoms with Gasteiger partial charge in [0.05, 0.1) is 13.2 Å². The van der Waals surface area contributed by atoms with Crippen LogP contribution >= 0.6 is 0 Å². The van der Waals surface area contributed by atoms with Gasteiger partial charge in [-0.1, -0.05) is 19.1 Å². The van der Waals surface area contributed by atoms with Crippen molar-refractivity contribution in [1.29, 1.82) is 0 Å². The number of nitrogens with zero attached hydrogens (tertiary/aromatic N) is 2. The lowest BCUT2D eigenvalue weighted by Gasteiger charge is -2.22. The minimum atomic E-state index is -0.493. The zero-order chi connectivity index (χ0) is 21.2. The molecule has 2 N–H and O–H groups in total. The maximum atomic E-state index is 13.0. The number of hydrogen-bond acceptors (Lipinski definition) is 5. The Bertz CT molecular complexity index is 852. The molecule has 0 spiro atoms. The minimum absolute atomic E-state index is 0.245. The van der Waals surface area contributed by atoms with Crippen LogP contribution in [-0.4, -0.2) is 46.9 Å². The van der Waals surface area contributed by atoms with E-state index in [0.29, 0.717) is 31.8 Å². The van der Waals surface area contributed by atoms with Crippen molar-refractivity contribution in [3.8, 4) is 5.75 Å². The number of ether oxygens (including phenoxy) is 1.